The number of anilines is 1. The fraction of sp³-hybridized carbons (Fsp3) is 0.250. The number of ether oxygens (including phenoxy) is 2. The quantitative estimate of drug-likeness (QED) is 0.863. The molecule has 0 atom stereocenters. The molecule has 0 aliphatic rings. The Hall–Kier alpha value is -2.85. The highest BCUT2D eigenvalue weighted by molar-refractivity contribution is 6.30. The van der Waals surface area contributed by atoms with Crippen LogP contribution < -0.4 is 14.8 Å². The highest BCUT2D eigenvalue weighted by atomic mass is 35.5. The van der Waals surface area contributed by atoms with Crippen molar-refractivity contribution in [1.82, 2.24) is 9.97 Å². The number of amides is 1. The van der Waals surface area contributed by atoms with Gasteiger partial charge in [-0.15, -0.1) is 0 Å². The van der Waals surface area contributed by atoms with Crippen LogP contribution >= 0.6 is 11.6 Å². The topological polar surface area (TPSA) is 97.1 Å². The first-order valence-electron chi connectivity index (χ1n) is 7.10. The number of nitrogens with one attached hydrogen (secondary N) is 1. The average molecular weight is 347 g/mol. The minimum Gasteiger partial charge on any atom is -0.481 e. The lowest BCUT2D eigenvalue weighted by Gasteiger charge is -2.11. The Labute approximate surface area is 144 Å². The number of nitrogens with zero attached hydrogens (tertiary/aromatic N) is 3. The molecule has 1 amide bonds. The molecule has 124 valence electrons. The van der Waals surface area contributed by atoms with Crippen LogP contribution in [0.1, 0.15) is 19.5 Å². The summed E-state index contributed by atoms with van der Waals surface area (Å²) in [6.07, 6.45) is 1.36. The van der Waals surface area contributed by atoms with Gasteiger partial charge in [0, 0.05) is 12.3 Å². The van der Waals surface area contributed by atoms with Crippen LogP contribution in [0.5, 0.6) is 11.6 Å². The molecule has 0 saturated carbocycles. The van der Waals surface area contributed by atoms with Gasteiger partial charge in [-0.2, -0.15) is 10.2 Å². The molecule has 2 rings (SSSR count). The Morgan fingerprint density at radius 1 is 1.38 bits per heavy atom. The number of carbonyl (C=O) groups excluding carboxylic acids is 1. The third kappa shape index (κ3) is 5.11. The lowest BCUT2D eigenvalue weighted by molar-refractivity contribution is -0.118. The van der Waals surface area contributed by atoms with Crippen molar-refractivity contribution < 1.29 is 14.3 Å². The molecular weight excluding hydrogens is 332 g/mol. The van der Waals surface area contributed by atoms with Crippen molar-refractivity contribution in [1.29, 1.82) is 5.26 Å². The predicted molar refractivity (Wildman–Crippen MR) is 88.1 cm³/mol. The Morgan fingerprint density at radius 3 is 2.79 bits per heavy atom. The molecule has 0 aliphatic carbocycles. The molecule has 0 spiro atoms. The summed E-state index contributed by atoms with van der Waals surface area (Å²) in [5.74, 6) is 0.458. The minimum absolute atomic E-state index is 0.0468. The number of hydrogen-bond acceptors (Lipinski definition) is 6. The zero-order chi connectivity index (χ0) is 17.5. The maximum Gasteiger partial charge on any atom is 0.263 e. The van der Waals surface area contributed by atoms with E-state index in [1.807, 2.05) is 19.9 Å². The van der Waals surface area contributed by atoms with Crippen LogP contribution in [0.4, 0.5) is 5.82 Å². The summed E-state index contributed by atoms with van der Waals surface area (Å²) in [6, 6.07) is 8.21. The van der Waals surface area contributed by atoms with Gasteiger partial charge >= 0.3 is 0 Å². The van der Waals surface area contributed by atoms with Gasteiger partial charge < -0.3 is 14.8 Å². The van der Waals surface area contributed by atoms with Crippen LogP contribution in [0.25, 0.3) is 0 Å². The first-order valence-corrected chi connectivity index (χ1v) is 7.47. The van der Waals surface area contributed by atoms with E-state index < -0.39 is 5.91 Å². The van der Waals surface area contributed by atoms with Crippen LogP contribution in [-0.4, -0.2) is 28.6 Å². The lowest BCUT2D eigenvalue weighted by Crippen LogP contribution is -2.21. The van der Waals surface area contributed by atoms with E-state index >= 15 is 0 Å². The fourth-order valence-corrected chi connectivity index (χ4v) is 1.82. The number of pyridine rings is 2. The zero-order valence-corrected chi connectivity index (χ0v) is 13.9. The second-order valence-corrected chi connectivity index (χ2v) is 5.41. The maximum atomic E-state index is 11.8. The smallest absolute Gasteiger partial charge is 0.263 e. The molecule has 2 aromatic heterocycles. The molecule has 7 nitrogen and oxygen atoms in total. The number of carbonyl (C=O) groups is 1. The monoisotopic (exact) mass is 346 g/mol. The molecule has 2 aromatic rings. The second kappa shape index (κ2) is 8.13. The largest absolute Gasteiger partial charge is 0.481 e. The van der Waals surface area contributed by atoms with E-state index in [4.69, 9.17) is 26.3 Å². The van der Waals surface area contributed by atoms with Gasteiger partial charge in [0.2, 0.25) is 5.88 Å². The molecule has 1 N–H and O–H groups in total. The SMILES string of the molecule is CC(C)Oc1ccc(OCC(=O)Nc2ccc(Cl)cn2)c(C#N)n1. The third-order valence-corrected chi connectivity index (χ3v) is 2.87. The highest BCUT2D eigenvalue weighted by Crippen LogP contribution is 2.20. The van der Waals surface area contributed by atoms with Crippen LogP contribution in [0, 0.1) is 11.3 Å². The van der Waals surface area contributed by atoms with E-state index in [-0.39, 0.29) is 24.2 Å². The van der Waals surface area contributed by atoms with Gasteiger partial charge in [0.1, 0.15) is 11.9 Å². The first-order chi connectivity index (χ1) is 11.5. The van der Waals surface area contributed by atoms with E-state index in [1.165, 1.54) is 12.3 Å². The predicted octanol–water partition coefficient (Wildman–Crippen LogP) is 2.81. The molecule has 2 heterocycles. The van der Waals surface area contributed by atoms with Gasteiger partial charge in [-0.3, -0.25) is 4.79 Å². The van der Waals surface area contributed by atoms with Gasteiger partial charge in [0.05, 0.1) is 11.1 Å². The molecule has 0 saturated heterocycles. The van der Waals surface area contributed by atoms with Crippen molar-refractivity contribution >= 4 is 23.3 Å². The number of rotatable bonds is 6. The third-order valence-electron chi connectivity index (χ3n) is 2.65. The summed E-state index contributed by atoms with van der Waals surface area (Å²) in [4.78, 5) is 19.8. The standard InChI is InChI=1S/C16H15ClN4O3/c1-10(2)24-16-6-4-13(12(7-18)20-16)23-9-15(22)21-14-5-3-11(17)8-19-14/h3-6,8,10H,9H2,1-2H3,(H,19,21,22). The summed E-state index contributed by atoms with van der Waals surface area (Å²) in [7, 11) is 0. The van der Waals surface area contributed by atoms with Gasteiger partial charge in [-0.05, 0) is 32.0 Å². The average Bonchev–Trinajstić information content (AvgIpc) is 2.55. The van der Waals surface area contributed by atoms with Gasteiger partial charge in [0.25, 0.3) is 5.91 Å². The number of hydrogen-bond donors (Lipinski definition) is 1. The molecule has 0 radical (unpaired) electrons. The first kappa shape index (κ1) is 17.5. The van der Waals surface area contributed by atoms with Crippen LogP contribution in [-0.2, 0) is 4.79 Å². The van der Waals surface area contributed by atoms with Gasteiger partial charge in [0.15, 0.2) is 18.1 Å². The Balaban J connectivity index is 1.97. The summed E-state index contributed by atoms with van der Waals surface area (Å²) in [5.41, 5.74) is 0.0468. The molecule has 0 bridgehead atoms. The molecule has 8 heteroatoms. The minimum atomic E-state index is -0.420. The summed E-state index contributed by atoms with van der Waals surface area (Å²) >= 11 is 5.72. The van der Waals surface area contributed by atoms with Gasteiger partial charge in [-0.25, -0.2) is 4.98 Å². The zero-order valence-electron chi connectivity index (χ0n) is 13.1. The van der Waals surface area contributed by atoms with Crippen molar-refractivity contribution in [3.63, 3.8) is 0 Å². The Morgan fingerprint density at radius 2 is 2.17 bits per heavy atom. The molecule has 24 heavy (non-hydrogen) atoms. The second-order valence-electron chi connectivity index (χ2n) is 4.97. The summed E-state index contributed by atoms with van der Waals surface area (Å²) < 4.78 is 10.7. The van der Waals surface area contributed by atoms with Crippen molar-refractivity contribution in [3.05, 3.63) is 41.2 Å². The Bertz CT molecular complexity index is 757. The van der Waals surface area contributed by atoms with E-state index in [0.717, 1.165) is 0 Å². The lowest BCUT2D eigenvalue weighted by atomic mass is 10.3. The van der Waals surface area contributed by atoms with Crippen LogP contribution in [0.2, 0.25) is 5.02 Å². The number of nitriles is 1. The summed E-state index contributed by atoms with van der Waals surface area (Å²) in [5, 5.41) is 12.2. The molecule has 0 aliphatic heterocycles. The molecular formula is C16H15ClN4O3. The highest BCUT2D eigenvalue weighted by Gasteiger charge is 2.11. The van der Waals surface area contributed by atoms with Crippen molar-refractivity contribution in [2.45, 2.75) is 20.0 Å². The van der Waals surface area contributed by atoms with E-state index in [2.05, 4.69) is 15.3 Å². The molecule has 0 fully saturated rings. The van der Waals surface area contributed by atoms with Gasteiger partial charge in [-0.1, -0.05) is 11.6 Å². The summed E-state index contributed by atoms with van der Waals surface area (Å²) in [6.45, 7) is 3.42. The normalized spacial score (nSPS) is 10.1. The van der Waals surface area contributed by atoms with E-state index in [9.17, 15) is 4.79 Å². The number of aromatic nitrogens is 2. The van der Waals surface area contributed by atoms with E-state index in [0.29, 0.717) is 16.7 Å². The van der Waals surface area contributed by atoms with E-state index in [1.54, 1.807) is 18.2 Å². The Kier molecular flexibility index (Phi) is 5.93. The van der Waals surface area contributed by atoms with Crippen LogP contribution in [0.15, 0.2) is 30.5 Å². The van der Waals surface area contributed by atoms with Crippen molar-refractivity contribution in [2.24, 2.45) is 0 Å². The maximum absolute atomic E-state index is 11.8. The molecule has 0 unspecified atom stereocenters. The van der Waals surface area contributed by atoms with Crippen molar-refractivity contribution in [3.8, 4) is 17.7 Å². The van der Waals surface area contributed by atoms with Crippen LogP contribution in [0.3, 0.4) is 0 Å². The van der Waals surface area contributed by atoms with Crippen molar-refractivity contribution in [2.75, 3.05) is 11.9 Å². The fourth-order valence-electron chi connectivity index (χ4n) is 1.70. The molecule has 0 aromatic carbocycles. The number of halogens is 1.